The van der Waals surface area contributed by atoms with E-state index in [0.29, 0.717) is 19.0 Å². The molecule has 2 fully saturated rings. The SMILES string of the molecule is CCC1CCC(CNC(=O)N2CCCN(C(C)=O)CC2)CC1. The summed E-state index contributed by atoms with van der Waals surface area (Å²) in [5.41, 5.74) is 0. The first-order valence-electron chi connectivity index (χ1n) is 8.88. The molecule has 0 aromatic carbocycles. The van der Waals surface area contributed by atoms with Crippen molar-refractivity contribution in [2.75, 3.05) is 32.7 Å². The van der Waals surface area contributed by atoms with Gasteiger partial charge in [-0.05, 0) is 31.1 Å². The average Bonchev–Trinajstić information content (AvgIpc) is 2.79. The topological polar surface area (TPSA) is 52.7 Å². The van der Waals surface area contributed by atoms with E-state index in [9.17, 15) is 9.59 Å². The lowest BCUT2D eigenvalue weighted by Crippen LogP contribution is -2.44. The Kier molecular flexibility index (Phi) is 6.52. The van der Waals surface area contributed by atoms with Crippen LogP contribution in [0.1, 0.15) is 52.4 Å². The summed E-state index contributed by atoms with van der Waals surface area (Å²) in [5, 5.41) is 3.11. The molecule has 5 heteroatoms. The third-order valence-corrected chi connectivity index (χ3v) is 5.31. The highest BCUT2D eigenvalue weighted by molar-refractivity contribution is 5.75. The molecule has 3 amide bonds. The second-order valence-electron chi connectivity index (χ2n) is 6.83. The molecule has 0 spiro atoms. The molecule has 1 saturated heterocycles. The van der Waals surface area contributed by atoms with Crippen molar-refractivity contribution < 1.29 is 9.59 Å². The van der Waals surface area contributed by atoms with Gasteiger partial charge in [-0.25, -0.2) is 4.79 Å². The van der Waals surface area contributed by atoms with Crippen LogP contribution in [-0.4, -0.2) is 54.5 Å². The summed E-state index contributed by atoms with van der Waals surface area (Å²) in [4.78, 5) is 27.4. The summed E-state index contributed by atoms with van der Waals surface area (Å²) in [7, 11) is 0. The molecule has 1 saturated carbocycles. The number of nitrogens with one attached hydrogen (secondary N) is 1. The van der Waals surface area contributed by atoms with Gasteiger partial charge < -0.3 is 15.1 Å². The zero-order valence-electron chi connectivity index (χ0n) is 14.1. The molecule has 0 aromatic rings. The third kappa shape index (κ3) is 4.89. The highest BCUT2D eigenvalue weighted by Gasteiger charge is 2.23. The minimum atomic E-state index is 0.0445. The maximum absolute atomic E-state index is 12.3. The smallest absolute Gasteiger partial charge is 0.317 e. The Hall–Kier alpha value is -1.26. The van der Waals surface area contributed by atoms with E-state index in [0.717, 1.165) is 32.0 Å². The minimum absolute atomic E-state index is 0.0445. The highest BCUT2D eigenvalue weighted by atomic mass is 16.2. The highest BCUT2D eigenvalue weighted by Crippen LogP contribution is 2.30. The van der Waals surface area contributed by atoms with Crippen LogP contribution in [0.25, 0.3) is 0 Å². The zero-order chi connectivity index (χ0) is 15.9. The predicted molar refractivity (Wildman–Crippen MR) is 87.6 cm³/mol. The number of carbonyl (C=O) groups is 2. The summed E-state index contributed by atoms with van der Waals surface area (Å²) >= 11 is 0. The molecule has 5 nitrogen and oxygen atoms in total. The molecule has 2 aliphatic rings. The molecule has 1 N–H and O–H groups in total. The van der Waals surface area contributed by atoms with E-state index in [-0.39, 0.29) is 11.9 Å². The van der Waals surface area contributed by atoms with Gasteiger partial charge in [0.2, 0.25) is 5.91 Å². The molecule has 0 unspecified atom stereocenters. The van der Waals surface area contributed by atoms with Crippen molar-refractivity contribution in [3.8, 4) is 0 Å². The molecule has 0 aromatic heterocycles. The Morgan fingerprint density at radius 1 is 0.955 bits per heavy atom. The number of nitrogens with zero attached hydrogens (tertiary/aromatic N) is 2. The van der Waals surface area contributed by atoms with Crippen molar-refractivity contribution in [1.29, 1.82) is 0 Å². The number of hydrogen-bond acceptors (Lipinski definition) is 2. The van der Waals surface area contributed by atoms with E-state index >= 15 is 0 Å². The van der Waals surface area contributed by atoms with Crippen molar-refractivity contribution >= 4 is 11.9 Å². The number of hydrogen-bond donors (Lipinski definition) is 1. The molecule has 2 rings (SSSR count). The lowest BCUT2D eigenvalue weighted by molar-refractivity contribution is -0.128. The first-order chi connectivity index (χ1) is 10.6. The quantitative estimate of drug-likeness (QED) is 0.870. The molecular formula is C17H31N3O2. The molecular weight excluding hydrogens is 278 g/mol. The van der Waals surface area contributed by atoms with Gasteiger partial charge in [-0.15, -0.1) is 0 Å². The normalized spacial score (nSPS) is 26.5. The standard InChI is InChI=1S/C17H31N3O2/c1-3-15-5-7-16(8-6-15)13-18-17(22)20-10-4-9-19(11-12-20)14(2)21/h15-16H,3-13H2,1-2H3,(H,18,22). The molecule has 22 heavy (non-hydrogen) atoms. The summed E-state index contributed by atoms with van der Waals surface area (Å²) in [6, 6.07) is 0.0445. The zero-order valence-corrected chi connectivity index (χ0v) is 14.1. The Labute approximate surface area is 134 Å². The maximum Gasteiger partial charge on any atom is 0.317 e. The molecule has 0 bridgehead atoms. The van der Waals surface area contributed by atoms with E-state index in [2.05, 4.69) is 12.2 Å². The fraction of sp³-hybridized carbons (Fsp3) is 0.882. The fourth-order valence-corrected chi connectivity index (χ4v) is 3.62. The Balaban J connectivity index is 1.70. The van der Waals surface area contributed by atoms with Crippen molar-refractivity contribution in [3.05, 3.63) is 0 Å². The number of urea groups is 1. The summed E-state index contributed by atoms with van der Waals surface area (Å²) in [5.74, 6) is 1.65. The van der Waals surface area contributed by atoms with Crippen LogP contribution in [0.15, 0.2) is 0 Å². The van der Waals surface area contributed by atoms with Crippen LogP contribution in [0.2, 0.25) is 0 Å². The van der Waals surface area contributed by atoms with Crippen LogP contribution in [-0.2, 0) is 4.79 Å². The van der Waals surface area contributed by atoms with E-state index in [4.69, 9.17) is 0 Å². The van der Waals surface area contributed by atoms with Crippen LogP contribution in [0, 0.1) is 11.8 Å². The number of carbonyl (C=O) groups excluding carboxylic acids is 2. The Bertz CT molecular complexity index is 378. The van der Waals surface area contributed by atoms with Crippen LogP contribution in [0.3, 0.4) is 0 Å². The molecule has 1 aliphatic heterocycles. The van der Waals surface area contributed by atoms with E-state index in [1.807, 2.05) is 9.80 Å². The van der Waals surface area contributed by atoms with Gasteiger partial charge in [0, 0.05) is 39.6 Å². The van der Waals surface area contributed by atoms with Crippen LogP contribution in [0.5, 0.6) is 0 Å². The maximum atomic E-state index is 12.3. The fourth-order valence-electron chi connectivity index (χ4n) is 3.62. The number of amides is 3. The molecule has 126 valence electrons. The van der Waals surface area contributed by atoms with Crippen LogP contribution in [0.4, 0.5) is 4.79 Å². The molecule has 1 heterocycles. The van der Waals surface area contributed by atoms with Crippen molar-refractivity contribution in [3.63, 3.8) is 0 Å². The van der Waals surface area contributed by atoms with Gasteiger partial charge >= 0.3 is 6.03 Å². The van der Waals surface area contributed by atoms with E-state index < -0.39 is 0 Å². The predicted octanol–water partition coefficient (Wildman–Crippen LogP) is 2.47. The van der Waals surface area contributed by atoms with Crippen molar-refractivity contribution in [1.82, 2.24) is 15.1 Å². The first kappa shape index (κ1) is 17.1. The lowest BCUT2D eigenvalue weighted by atomic mass is 9.81. The number of rotatable bonds is 3. The second-order valence-corrected chi connectivity index (χ2v) is 6.83. The van der Waals surface area contributed by atoms with Gasteiger partial charge in [-0.3, -0.25) is 4.79 Å². The first-order valence-corrected chi connectivity index (χ1v) is 8.88. The van der Waals surface area contributed by atoms with E-state index in [1.54, 1.807) is 6.92 Å². The van der Waals surface area contributed by atoms with Crippen LogP contribution < -0.4 is 5.32 Å². The third-order valence-electron chi connectivity index (χ3n) is 5.31. The van der Waals surface area contributed by atoms with Crippen LogP contribution >= 0.6 is 0 Å². The lowest BCUT2D eigenvalue weighted by Gasteiger charge is -2.29. The Morgan fingerprint density at radius 2 is 1.55 bits per heavy atom. The van der Waals surface area contributed by atoms with Gasteiger partial charge in [0.15, 0.2) is 0 Å². The van der Waals surface area contributed by atoms with Crippen molar-refractivity contribution in [2.24, 2.45) is 11.8 Å². The van der Waals surface area contributed by atoms with Gasteiger partial charge in [0.25, 0.3) is 0 Å². The Morgan fingerprint density at radius 3 is 2.18 bits per heavy atom. The second kappa shape index (κ2) is 8.39. The van der Waals surface area contributed by atoms with E-state index in [1.165, 1.54) is 32.1 Å². The molecule has 0 radical (unpaired) electrons. The van der Waals surface area contributed by atoms with Gasteiger partial charge in [0.1, 0.15) is 0 Å². The minimum Gasteiger partial charge on any atom is -0.341 e. The van der Waals surface area contributed by atoms with Gasteiger partial charge in [0.05, 0.1) is 0 Å². The summed E-state index contributed by atoms with van der Waals surface area (Å²) in [6.45, 7) is 7.50. The monoisotopic (exact) mass is 309 g/mol. The molecule has 1 aliphatic carbocycles. The van der Waals surface area contributed by atoms with Crippen molar-refractivity contribution in [2.45, 2.75) is 52.4 Å². The summed E-state index contributed by atoms with van der Waals surface area (Å²) in [6.07, 6.45) is 7.28. The average molecular weight is 309 g/mol. The largest absolute Gasteiger partial charge is 0.341 e. The van der Waals surface area contributed by atoms with Gasteiger partial charge in [-0.1, -0.05) is 26.2 Å². The van der Waals surface area contributed by atoms with Gasteiger partial charge in [-0.2, -0.15) is 0 Å². The summed E-state index contributed by atoms with van der Waals surface area (Å²) < 4.78 is 0. The molecule has 0 atom stereocenters.